The lowest BCUT2D eigenvalue weighted by atomic mass is 10.2. The van der Waals surface area contributed by atoms with Gasteiger partial charge >= 0.3 is 0 Å². The first kappa shape index (κ1) is 11.2. The van der Waals surface area contributed by atoms with Crippen LogP contribution in [0.25, 0.3) is 0 Å². The van der Waals surface area contributed by atoms with Gasteiger partial charge in [0.2, 0.25) is 0 Å². The molecule has 0 radical (unpaired) electrons. The zero-order chi connectivity index (χ0) is 11.5. The predicted octanol–water partition coefficient (Wildman–Crippen LogP) is 1.63. The number of methoxy groups -OCH3 is 1. The molecule has 1 aliphatic heterocycles. The van der Waals surface area contributed by atoms with Gasteiger partial charge in [0, 0.05) is 30.9 Å². The number of benzene rings is 1. The van der Waals surface area contributed by atoms with Crippen molar-refractivity contribution in [1.29, 1.82) is 0 Å². The van der Waals surface area contributed by atoms with Crippen LogP contribution >= 0.6 is 0 Å². The van der Waals surface area contributed by atoms with Crippen molar-refractivity contribution < 1.29 is 9.13 Å². The third kappa shape index (κ3) is 2.11. The molecule has 0 amide bonds. The van der Waals surface area contributed by atoms with Gasteiger partial charge in [0.1, 0.15) is 0 Å². The van der Waals surface area contributed by atoms with Crippen LogP contribution in [0.1, 0.15) is 6.42 Å². The molecule has 0 aliphatic carbocycles. The van der Waals surface area contributed by atoms with Gasteiger partial charge in [-0.25, -0.2) is 4.39 Å². The topological polar surface area (TPSA) is 24.5 Å². The van der Waals surface area contributed by atoms with Gasteiger partial charge in [-0.15, -0.1) is 0 Å². The molecule has 1 atom stereocenters. The number of likely N-dealkylation sites (N-methyl/N-ethyl adjacent to an activating group) is 1. The van der Waals surface area contributed by atoms with Gasteiger partial charge in [0.05, 0.1) is 7.11 Å². The highest BCUT2D eigenvalue weighted by Gasteiger charge is 2.21. The number of hydrogen-bond acceptors (Lipinski definition) is 3. The summed E-state index contributed by atoms with van der Waals surface area (Å²) in [6, 6.07) is 5.54. The summed E-state index contributed by atoms with van der Waals surface area (Å²) in [5.41, 5.74) is 1.02. The van der Waals surface area contributed by atoms with Crippen LogP contribution in [-0.2, 0) is 0 Å². The second-order valence-corrected chi connectivity index (χ2v) is 4.04. The van der Waals surface area contributed by atoms with Crippen LogP contribution in [0.15, 0.2) is 18.2 Å². The van der Waals surface area contributed by atoms with Gasteiger partial charge in [-0.3, -0.25) is 0 Å². The fourth-order valence-corrected chi connectivity index (χ4v) is 2.08. The van der Waals surface area contributed by atoms with Gasteiger partial charge in [-0.1, -0.05) is 0 Å². The van der Waals surface area contributed by atoms with Crippen LogP contribution in [0.5, 0.6) is 5.75 Å². The van der Waals surface area contributed by atoms with E-state index in [9.17, 15) is 4.39 Å². The molecule has 1 unspecified atom stereocenters. The molecule has 0 aromatic heterocycles. The molecule has 0 spiro atoms. The summed E-state index contributed by atoms with van der Waals surface area (Å²) < 4.78 is 18.2. The van der Waals surface area contributed by atoms with Crippen LogP contribution in [0, 0.1) is 5.82 Å². The Bertz CT molecular complexity index is 370. The maximum Gasteiger partial charge on any atom is 0.165 e. The first-order valence-electron chi connectivity index (χ1n) is 5.50. The third-order valence-electron chi connectivity index (χ3n) is 3.10. The first-order valence-corrected chi connectivity index (χ1v) is 5.50. The van der Waals surface area contributed by atoms with Gasteiger partial charge in [-0.05, 0) is 25.6 Å². The second kappa shape index (κ2) is 4.70. The SMILES string of the molecule is CNC1CCN(c2ccc(F)c(OC)c2)C1. The highest BCUT2D eigenvalue weighted by molar-refractivity contribution is 5.52. The summed E-state index contributed by atoms with van der Waals surface area (Å²) in [6.45, 7) is 1.96. The Morgan fingerprint density at radius 3 is 2.94 bits per heavy atom. The molecule has 88 valence electrons. The van der Waals surface area contributed by atoms with Crippen LogP contribution < -0.4 is 15.0 Å². The molecule has 1 N–H and O–H groups in total. The van der Waals surface area contributed by atoms with Gasteiger partial charge < -0.3 is 15.0 Å². The largest absolute Gasteiger partial charge is 0.494 e. The number of nitrogens with one attached hydrogen (secondary N) is 1. The minimum Gasteiger partial charge on any atom is -0.494 e. The summed E-state index contributed by atoms with van der Waals surface area (Å²) in [5, 5.41) is 3.26. The van der Waals surface area contributed by atoms with Crippen LogP contribution in [0.4, 0.5) is 10.1 Å². The van der Waals surface area contributed by atoms with E-state index in [4.69, 9.17) is 4.74 Å². The number of halogens is 1. The van der Waals surface area contributed by atoms with Gasteiger partial charge in [0.15, 0.2) is 11.6 Å². The number of rotatable bonds is 3. The minimum atomic E-state index is -0.310. The molecule has 3 nitrogen and oxygen atoms in total. The van der Waals surface area contributed by atoms with Gasteiger partial charge in [0.25, 0.3) is 0 Å². The van der Waals surface area contributed by atoms with Crippen molar-refractivity contribution in [1.82, 2.24) is 5.32 Å². The van der Waals surface area contributed by atoms with Crippen LogP contribution in [0.2, 0.25) is 0 Å². The maximum absolute atomic E-state index is 13.2. The summed E-state index contributed by atoms with van der Waals surface area (Å²) in [4.78, 5) is 2.24. The normalized spacial score (nSPS) is 20.2. The highest BCUT2D eigenvalue weighted by atomic mass is 19.1. The maximum atomic E-state index is 13.2. The molecule has 4 heteroatoms. The lowest BCUT2D eigenvalue weighted by molar-refractivity contribution is 0.386. The Morgan fingerprint density at radius 1 is 1.50 bits per heavy atom. The third-order valence-corrected chi connectivity index (χ3v) is 3.10. The quantitative estimate of drug-likeness (QED) is 0.844. The van der Waals surface area contributed by atoms with E-state index in [0.29, 0.717) is 11.8 Å². The zero-order valence-corrected chi connectivity index (χ0v) is 9.66. The Kier molecular flexibility index (Phi) is 3.29. The molecule has 0 saturated carbocycles. The molecular formula is C12H17FN2O. The molecule has 1 aromatic rings. The smallest absolute Gasteiger partial charge is 0.165 e. The highest BCUT2D eigenvalue weighted by Crippen LogP contribution is 2.26. The number of nitrogens with zero attached hydrogens (tertiary/aromatic N) is 1. The van der Waals surface area contributed by atoms with Crippen molar-refractivity contribution in [3.8, 4) is 5.75 Å². The Morgan fingerprint density at radius 2 is 2.31 bits per heavy atom. The lowest BCUT2D eigenvalue weighted by Gasteiger charge is -2.19. The van der Waals surface area contributed by atoms with Crippen molar-refractivity contribution >= 4 is 5.69 Å². The summed E-state index contributed by atoms with van der Waals surface area (Å²) in [5.74, 6) is 0.000945. The Balaban J connectivity index is 2.15. The van der Waals surface area contributed by atoms with E-state index >= 15 is 0 Å². The molecule has 2 rings (SSSR count). The summed E-state index contributed by atoms with van der Waals surface area (Å²) in [6.07, 6.45) is 1.12. The number of hydrogen-bond donors (Lipinski definition) is 1. The van der Waals surface area contributed by atoms with Crippen LogP contribution in [-0.4, -0.2) is 33.3 Å². The molecule has 0 bridgehead atoms. The van der Waals surface area contributed by atoms with Crippen molar-refractivity contribution in [3.05, 3.63) is 24.0 Å². The fraction of sp³-hybridized carbons (Fsp3) is 0.500. The predicted molar refractivity (Wildman–Crippen MR) is 62.6 cm³/mol. The van der Waals surface area contributed by atoms with E-state index in [1.54, 1.807) is 12.1 Å². The van der Waals surface area contributed by atoms with Gasteiger partial charge in [-0.2, -0.15) is 0 Å². The molecule has 1 heterocycles. The molecule has 16 heavy (non-hydrogen) atoms. The van der Waals surface area contributed by atoms with Crippen LogP contribution in [0.3, 0.4) is 0 Å². The lowest BCUT2D eigenvalue weighted by Crippen LogP contribution is -2.29. The average Bonchev–Trinajstić information content (AvgIpc) is 2.78. The van der Waals surface area contributed by atoms with E-state index in [1.165, 1.54) is 13.2 Å². The number of ether oxygens (including phenoxy) is 1. The molecule has 1 aliphatic rings. The van der Waals surface area contributed by atoms with Crippen molar-refractivity contribution in [3.63, 3.8) is 0 Å². The zero-order valence-electron chi connectivity index (χ0n) is 9.66. The molecule has 1 aromatic carbocycles. The second-order valence-electron chi connectivity index (χ2n) is 4.04. The van der Waals surface area contributed by atoms with Crippen molar-refractivity contribution in [2.45, 2.75) is 12.5 Å². The van der Waals surface area contributed by atoms with E-state index in [2.05, 4.69) is 10.2 Å². The molecule has 1 saturated heterocycles. The van der Waals surface area contributed by atoms with E-state index < -0.39 is 0 Å². The van der Waals surface area contributed by atoms with E-state index in [1.807, 2.05) is 7.05 Å². The first-order chi connectivity index (χ1) is 7.74. The standard InChI is InChI=1S/C12H17FN2O/c1-14-9-5-6-15(8-9)10-3-4-11(13)12(7-10)16-2/h3-4,7,9,14H,5-6,8H2,1-2H3. The Labute approximate surface area is 95.2 Å². The average molecular weight is 224 g/mol. The van der Waals surface area contributed by atoms with E-state index in [0.717, 1.165) is 25.2 Å². The van der Waals surface area contributed by atoms with Crippen molar-refractivity contribution in [2.75, 3.05) is 32.1 Å². The summed E-state index contributed by atoms with van der Waals surface area (Å²) >= 11 is 0. The fourth-order valence-electron chi connectivity index (χ4n) is 2.08. The van der Waals surface area contributed by atoms with E-state index in [-0.39, 0.29) is 5.82 Å². The summed E-state index contributed by atoms with van der Waals surface area (Å²) in [7, 11) is 3.46. The molecular weight excluding hydrogens is 207 g/mol. The van der Waals surface area contributed by atoms with Crippen molar-refractivity contribution in [2.24, 2.45) is 0 Å². The number of anilines is 1. The Hall–Kier alpha value is -1.29. The minimum absolute atomic E-state index is 0.310. The monoisotopic (exact) mass is 224 g/mol. The molecule has 1 fully saturated rings.